The Labute approximate surface area is 87.4 Å². The molecule has 0 aliphatic carbocycles. The number of aromatic hydroxyl groups is 1. The van der Waals surface area contributed by atoms with Gasteiger partial charge in [0.25, 0.3) is 0 Å². The maximum absolute atomic E-state index is 11.2. The van der Waals surface area contributed by atoms with Gasteiger partial charge in [-0.15, -0.1) is 0 Å². The third kappa shape index (κ3) is 1.66. The number of fused-ring (bicyclic) bond motifs is 1. The second-order valence-electron chi connectivity index (χ2n) is 3.45. The zero-order valence-electron chi connectivity index (χ0n) is 8.16. The highest BCUT2D eigenvalue weighted by Crippen LogP contribution is 2.34. The first-order valence-electron chi connectivity index (χ1n) is 4.72. The van der Waals surface area contributed by atoms with Gasteiger partial charge in [-0.05, 0) is 29.8 Å². The number of carbonyl (C=O) groups excluding carboxylic acids is 1. The average molecular weight is 204 g/mol. The van der Waals surface area contributed by atoms with E-state index >= 15 is 0 Å². The molecule has 4 N–H and O–H groups in total. The van der Waals surface area contributed by atoms with Gasteiger partial charge < -0.3 is 16.2 Å². The van der Waals surface area contributed by atoms with Gasteiger partial charge >= 0.3 is 0 Å². The Kier molecular flexibility index (Phi) is 2.33. The molecule has 0 atom stereocenters. The molecule has 1 heterocycles. The van der Waals surface area contributed by atoms with E-state index in [-0.39, 0.29) is 11.7 Å². The average Bonchev–Trinajstić information content (AvgIpc) is 2.60. The third-order valence-corrected chi connectivity index (χ3v) is 2.46. The Morgan fingerprint density at radius 3 is 3.07 bits per heavy atom. The van der Waals surface area contributed by atoms with Crippen LogP contribution in [-0.4, -0.2) is 11.0 Å². The van der Waals surface area contributed by atoms with Gasteiger partial charge in [-0.1, -0.05) is 12.1 Å². The summed E-state index contributed by atoms with van der Waals surface area (Å²) >= 11 is 0. The minimum Gasteiger partial charge on any atom is -0.506 e. The van der Waals surface area contributed by atoms with Gasteiger partial charge in [0.05, 0.1) is 12.1 Å². The SMILES string of the molecule is NC=CCc1ccc(O)c2c1CC(=O)N2. The first-order chi connectivity index (χ1) is 7.22. The van der Waals surface area contributed by atoms with Crippen molar-refractivity contribution in [1.82, 2.24) is 0 Å². The number of anilines is 1. The molecule has 4 nitrogen and oxygen atoms in total. The van der Waals surface area contributed by atoms with Crippen LogP contribution >= 0.6 is 0 Å². The van der Waals surface area contributed by atoms with Gasteiger partial charge in [0.2, 0.25) is 5.91 Å². The minimum atomic E-state index is -0.0792. The molecule has 4 heteroatoms. The van der Waals surface area contributed by atoms with E-state index in [0.717, 1.165) is 11.1 Å². The summed E-state index contributed by atoms with van der Waals surface area (Å²) in [6.07, 6.45) is 4.30. The molecule has 0 unspecified atom stereocenters. The Bertz CT molecular complexity index is 438. The molecule has 1 aromatic rings. The maximum Gasteiger partial charge on any atom is 0.228 e. The van der Waals surface area contributed by atoms with E-state index in [1.165, 1.54) is 6.20 Å². The molecule has 1 aliphatic heterocycles. The molecule has 0 radical (unpaired) electrons. The monoisotopic (exact) mass is 204 g/mol. The molecular weight excluding hydrogens is 192 g/mol. The summed E-state index contributed by atoms with van der Waals surface area (Å²) in [6.45, 7) is 0. The van der Waals surface area contributed by atoms with Crippen LogP contribution in [0.2, 0.25) is 0 Å². The van der Waals surface area contributed by atoms with E-state index < -0.39 is 0 Å². The van der Waals surface area contributed by atoms with Crippen molar-refractivity contribution in [3.05, 3.63) is 35.5 Å². The molecule has 0 aromatic heterocycles. The van der Waals surface area contributed by atoms with E-state index in [4.69, 9.17) is 5.73 Å². The molecule has 1 aromatic carbocycles. The van der Waals surface area contributed by atoms with Crippen LogP contribution < -0.4 is 11.1 Å². The van der Waals surface area contributed by atoms with Gasteiger partial charge in [0, 0.05) is 0 Å². The zero-order chi connectivity index (χ0) is 10.8. The van der Waals surface area contributed by atoms with Crippen LogP contribution in [0.4, 0.5) is 5.69 Å². The molecule has 1 aliphatic rings. The highest BCUT2D eigenvalue weighted by Gasteiger charge is 2.23. The van der Waals surface area contributed by atoms with Gasteiger partial charge in [0.1, 0.15) is 5.75 Å². The van der Waals surface area contributed by atoms with Crippen molar-refractivity contribution in [3.8, 4) is 5.75 Å². The fraction of sp³-hybridized carbons (Fsp3) is 0.182. The number of phenolic OH excluding ortho intramolecular Hbond substituents is 1. The third-order valence-electron chi connectivity index (χ3n) is 2.46. The minimum absolute atomic E-state index is 0.0792. The number of hydrogen-bond donors (Lipinski definition) is 3. The van der Waals surface area contributed by atoms with Crippen LogP contribution in [0.15, 0.2) is 24.4 Å². The molecular formula is C11H12N2O2. The smallest absolute Gasteiger partial charge is 0.228 e. The molecule has 0 bridgehead atoms. The normalized spacial score (nSPS) is 14.3. The quantitative estimate of drug-likeness (QED) is 0.626. The second-order valence-corrected chi connectivity index (χ2v) is 3.45. The van der Waals surface area contributed by atoms with Crippen molar-refractivity contribution in [2.45, 2.75) is 12.8 Å². The molecule has 0 saturated carbocycles. The number of benzene rings is 1. The summed E-state index contributed by atoms with van der Waals surface area (Å²) in [6, 6.07) is 3.40. The Hall–Kier alpha value is -1.97. The summed E-state index contributed by atoms with van der Waals surface area (Å²) in [7, 11) is 0. The number of nitrogens with one attached hydrogen (secondary N) is 1. The first-order valence-corrected chi connectivity index (χ1v) is 4.72. The highest BCUT2D eigenvalue weighted by atomic mass is 16.3. The van der Waals surface area contributed by atoms with Crippen molar-refractivity contribution in [3.63, 3.8) is 0 Å². The van der Waals surface area contributed by atoms with Crippen LogP contribution in [-0.2, 0) is 17.6 Å². The number of nitrogens with two attached hydrogens (primary N) is 1. The predicted molar refractivity (Wildman–Crippen MR) is 57.5 cm³/mol. The molecule has 15 heavy (non-hydrogen) atoms. The lowest BCUT2D eigenvalue weighted by Crippen LogP contribution is -2.03. The van der Waals surface area contributed by atoms with Crippen molar-refractivity contribution in [2.75, 3.05) is 5.32 Å². The van der Waals surface area contributed by atoms with Crippen molar-refractivity contribution < 1.29 is 9.90 Å². The van der Waals surface area contributed by atoms with Crippen LogP contribution in [0.25, 0.3) is 0 Å². The Morgan fingerprint density at radius 1 is 1.53 bits per heavy atom. The number of hydrogen-bond acceptors (Lipinski definition) is 3. The van der Waals surface area contributed by atoms with E-state index in [2.05, 4.69) is 5.32 Å². The van der Waals surface area contributed by atoms with Gasteiger partial charge in [-0.2, -0.15) is 0 Å². The van der Waals surface area contributed by atoms with Crippen LogP contribution in [0.5, 0.6) is 5.75 Å². The molecule has 0 spiro atoms. The predicted octanol–water partition coefficient (Wildman–Crippen LogP) is 0.902. The van der Waals surface area contributed by atoms with Gasteiger partial charge in [-0.25, -0.2) is 0 Å². The fourth-order valence-electron chi connectivity index (χ4n) is 1.75. The van der Waals surface area contributed by atoms with Crippen molar-refractivity contribution >= 4 is 11.6 Å². The number of allylic oxidation sites excluding steroid dienone is 1. The molecule has 0 saturated heterocycles. The number of phenols is 1. The van der Waals surface area contributed by atoms with Gasteiger partial charge in [-0.3, -0.25) is 4.79 Å². The number of amides is 1. The Morgan fingerprint density at radius 2 is 2.33 bits per heavy atom. The maximum atomic E-state index is 11.2. The lowest BCUT2D eigenvalue weighted by Gasteiger charge is -2.06. The second kappa shape index (κ2) is 3.65. The molecule has 78 valence electrons. The topological polar surface area (TPSA) is 75.3 Å². The lowest BCUT2D eigenvalue weighted by molar-refractivity contribution is -0.115. The van der Waals surface area contributed by atoms with Crippen molar-refractivity contribution in [1.29, 1.82) is 0 Å². The summed E-state index contributed by atoms with van der Waals surface area (Å²) in [4.78, 5) is 11.2. The Balaban J connectivity index is 2.42. The lowest BCUT2D eigenvalue weighted by atomic mass is 10.0. The summed E-state index contributed by atoms with van der Waals surface area (Å²) < 4.78 is 0. The number of carbonyl (C=O) groups is 1. The standard InChI is InChI=1S/C11H12N2O2/c12-5-1-2-7-3-4-9(14)11-8(7)6-10(15)13-11/h1,3-5,14H,2,6,12H2,(H,13,15). The molecule has 2 rings (SSSR count). The molecule has 1 amide bonds. The summed E-state index contributed by atoms with van der Waals surface area (Å²) in [5, 5.41) is 12.2. The largest absolute Gasteiger partial charge is 0.506 e. The van der Waals surface area contributed by atoms with Crippen LogP contribution in [0.1, 0.15) is 11.1 Å². The van der Waals surface area contributed by atoms with Crippen molar-refractivity contribution in [2.24, 2.45) is 5.73 Å². The van der Waals surface area contributed by atoms with Crippen LogP contribution in [0.3, 0.4) is 0 Å². The zero-order valence-corrected chi connectivity index (χ0v) is 8.16. The molecule has 0 fully saturated rings. The first kappa shape index (κ1) is 9.58. The summed E-state index contributed by atoms with van der Waals surface area (Å²) in [5.74, 6) is 0.0424. The number of rotatable bonds is 2. The fourth-order valence-corrected chi connectivity index (χ4v) is 1.75. The summed E-state index contributed by atoms with van der Waals surface area (Å²) in [5.41, 5.74) is 7.70. The van der Waals surface area contributed by atoms with Gasteiger partial charge in [0.15, 0.2) is 0 Å². The van der Waals surface area contributed by atoms with E-state index in [9.17, 15) is 9.90 Å². The van der Waals surface area contributed by atoms with E-state index in [1.807, 2.05) is 12.1 Å². The highest BCUT2D eigenvalue weighted by molar-refractivity contribution is 6.01. The van der Waals surface area contributed by atoms with Crippen LogP contribution in [0, 0.1) is 0 Å². The van der Waals surface area contributed by atoms with E-state index in [0.29, 0.717) is 18.5 Å². The van der Waals surface area contributed by atoms with E-state index in [1.54, 1.807) is 6.07 Å².